The van der Waals surface area contributed by atoms with Crippen LogP contribution >= 0.6 is 15.9 Å². The number of methoxy groups -OCH3 is 2. The van der Waals surface area contributed by atoms with E-state index in [0.717, 1.165) is 6.07 Å². The monoisotopic (exact) mass is 295 g/mol. The Hall–Kier alpha value is -0.720. The van der Waals surface area contributed by atoms with E-state index >= 15 is 0 Å². The summed E-state index contributed by atoms with van der Waals surface area (Å²) in [6.07, 6.45) is -0.483. The molecule has 0 spiro atoms. The minimum Gasteiger partial charge on any atom is -0.378 e. The first kappa shape index (κ1) is 13.3. The van der Waals surface area contributed by atoms with E-state index in [0.29, 0.717) is 0 Å². The zero-order valence-corrected chi connectivity index (χ0v) is 10.5. The number of rotatable bonds is 5. The lowest BCUT2D eigenvalue weighted by atomic mass is 10.3. The second kappa shape index (κ2) is 6.12. The highest BCUT2D eigenvalue weighted by Crippen LogP contribution is 2.23. The lowest BCUT2D eigenvalue weighted by Crippen LogP contribution is -2.24. The van der Waals surface area contributed by atoms with Crippen LogP contribution in [-0.2, 0) is 9.47 Å². The molecule has 0 bridgehead atoms. The Kier molecular flexibility index (Phi) is 5.11. The van der Waals surface area contributed by atoms with Gasteiger partial charge in [-0.1, -0.05) is 0 Å². The second-order valence-corrected chi connectivity index (χ2v) is 3.88. The van der Waals surface area contributed by atoms with Crippen molar-refractivity contribution in [3.05, 3.63) is 28.2 Å². The first-order valence-electron chi connectivity index (χ1n) is 4.52. The van der Waals surface area contributed by atoms with E-state index in [4.69, 9.17) is 9.47 Å². The van der Waals surface area contributed by atoms with Crippen molar-refractivity contribution in [2.45, 2.75) is 6.29 Å². The predicted octanol–water partition coefficient (Wildman–Crippen LogP) is 2.76. The highest BCUT2D eigenvalue weighted by atomic mass is 79.9. The van der Waals surface area contributed by atoms with Crippen LogP contribution in [-0.4, -0.2) is 27.1 Å². The zero-order chi connectivity index (χ0) is 12.1. The van der Waals surface area contributed by atoms with Gasteiger partial charge in [0.15, 0.2) is 6.29 Å². The minimum atomic E-state index is -0.661. The highest BCUT2D eigenvalue weighted by molar-refractivity contribution is 9.10. The van der Waals surface area contributed by atoms with E-state index in [2.05, 4.69) is 21.2 Å². The quantitative estimate of drug-likeness (QED) is 0.669. The van der Waals surface area contributed by atoms with Crippen LogP contribution in [0.5, 0.6) is 0 Å². The molecular weight excluding hydrogens is 284 g/mol. The lowest BCUT2D eigenvalue weighted by Gasteiger charge is -2.15. The molecular formula is C10H12BrF2NO2. The third-order valence-corrected chi connectivity index (χ3v) is 2.60. The van der Waals surface area contributed by atoms with Crippen LogP contribution in [0.25, 0.3) is 0 Å². The molecule has 0 aliphatic rings. The van der Waals surface area contributed by atoms with Gasteiger partial charge in [-0.05, 0) is 22.0 Å². The van der Waals surface area contributed by atoms with E-state index in [9.17, 15) is 8.78 Å². The molecule has 3 nitrogen and oxygen atoms in total. The van der Waals surface area contributed by atoms with Crippen LogP contribution < -0.4 is 5.32 Å². The van der Waals surface area contributed by atoms with Crippen molar-refractivity contribution < 1.29 is 18.3 Å². The average molecular weight is 296 g/mol. The number of hydrogen-bond donors (Lipinski definition) is 1. The fourth-order valence-corrected chi connectivity index (χ4v) is 1.46. The second-order valence-electron chi connectivity index (χ2n) is 3.03. The van der Waals surface area contributed by atoms with Gasteiger partial charge in [0.1, 0.15) is 11.6 Å². The molecule has 1 aromatic rings. The molecule has 0 atom stereocenters. The molecule has 16 heavy (non-hydrogen) atoms. The third-order valence-electron chi connectivity index (χ3n) is 1.99. The average Bonchev–Trinajstić information content (AvgIpc) is 2.26. The van der Waals surface area contributed by atoms with Crippen molar-refractivity contribution >= 4 is 21.6 Å². The summed E-state index contributed by atoms with van der Waals surface area (Å²) in [6.45, 7) is 0.266. The number of benzene rings is 1. The zero-order valence-electron chi connectivity index (χ0n) is 8.89. The number of nitrogens with one attached hydrogen (secondary N) is 1. The summed E-state index contributed by atoms with van der Waals surface area (Å²) in [5, 5.41) is 2.76. The molecule has 1 N–H and O–H groups in total. The summed E-state index contributed by atoms with van der Waals surface area (Å²) < 4.78 is 36.3. The van der Waals surface area contributed by atoms with Crippen molar-refractivity contribution in [2.75, 3.05) is 26.1 Å². The molecule has 0 radical (unpaired) electrons. The maximum Gasteiger partial charge on any atom is 0.173 e. The van der Waals surface area contributed by atoms with Crippen LogP contribution in [0.15, 0.2) is 16.6 Å². The van der Waals surface area contributed by atoms with Crippen LogP contribution in [0.2, 0.25) is 0 Å². The first-order chi connectivity index (χ1) is 7.58. The molecule has 0 fully saturated rings. The Labute approximate surface area is 101 Å². The third kappa shape index (κ3) is 3.40. The summed E-state index contributed by atoms with van der Waals surface area (Å²) in [4.78, 5) is 0. The molecule has 0 unspecified atom stereocenters. The van der Waals surface area contributed by atoms with Crippen molar-refractivity contribution in [1.29, 1.82) is 0 Å². The standard InChI is InChI=1S/C10H12BrF2NO2/c1-15-10(16-2)5-14-9-3-6(11)7(12)4-8(9)13/h3-4,10,14H,5H2,1-2H3. The normalized spacial score (nSPS) is 10.9. The predicted molar refractivity (Wildman–Crippen MR) is 60.4 cm³/mol. The fraction of sp³-hybridized carbons (Fsp3) is 0.400. The van der Waals surface area contributed by atoms with Crippen LogP contribution in [0.1, 0.15) is 0 Å². The Bertz CT molecular complexity index is 359. The number of anilines is 1. The Balaban J connectivity index is 2.70. The summed E-state index contributed by atoms with van der Waals surface area (Å²) in [5.41, 5.74) is 0.187. The van der Waals surface area contributed by atoms with Gasteiger partial charge in [-0.3, -0.25) is 0 Å². The Morgan fingerprint density at radius 3 is 2.44 bits per heavy atom. The van der Waals surface area contributed by atoms with Crippen molar-refractivity contribution in [3.63, 3.8) is 0 Å². The van der Waals surface area contributed by atoms with Gasteiger partial charge in [0.25, 0.3) is 0 Å². The fourth-order valence-electron chi connectivity index (χ4n) is 1.11. The van der Waals surface area contributed by atoms with Crippen LogP contribution in [0, 0.1) is 11.6 Å². The van der Waals surface area contributed by atoms with Crippen molar-refractivity contribution in [3.8, 4) is 0 Å². The van der Waals surface area contributed by atoms with Gasteiger partial charge < -0.3 is 14.8 Å². The number of halogens is 3. The Morgan fingerprint density at radius 1 is 1.25 bits per heavy atom. The molecule has 0 saturated heterocycles. The van der Waals surface area contributed by atoms with Gasteiger partial charge in [-0.25, -0.2) is 8.78 Å². The van der Waals surface area contributed by atoms with E-state index in [1.807, 2.05) is 0 Å². The molecule has 90 valence electrons. The first-order valence-corrected chi connectivity index (χ1v) is 5.31. The van der Waals surface area contributed by atoms with E-state index in [1.165, 1.54) is 20.3 Å². The van der Waals surface area contributed by atoms with Gasteiger partial charge >= 0.3 is 0 Å². The number of ether oxygens (including phenoxy) is 2. The van der Waals surface area contributed by atoms with E-state index < -0.39 is 17.9 Å². The molecule has 0 aromatic heterocycles. The summed E-state index contributed by atoms with van der Waals surface area (Å²) in [7, 11) is 2.96. The Morgan fingerprint density at radius 2 is 1.88 bits per heavy atom. The van der Waals surface area contributed by atoms with E-state index in [1.54, 1.807) is 0 Å². The van der Waals surface area contributed by atoms with Crippen molar-refractivity contribution in [2.24, 2.45) is 0 Å². The van der Waals surface area contributed by atoms with Gasteiger partial charge in [-0.15, -0.1) is 0 Å². The molecule has 0 saturated carbocycles. The van der Waals surface area contributed by atoms with Gasteiger partial charge in [0.05, 0.1) is 16.7 Å². The van der Waals surface area contributed by atoms with Crippen LogP contribution in [0.3, 0.4) is 0 Å². The molecule has 0 aliphatic heterocycles. The summed E-state index contributed by atoms with van der Waals surface area (Å²) in [6, 6.07) is 2.13. The number of hydrogen-bond acceptors (Lipinski definition) is 3. The van der Waals surface area contributed by atoms with Gasteiger partial charge in [0, 0.05) is 20.3 Å². The topological polar surface area (TPSA) is 30.5 Å². The maximum absolute atomic E-state index is 13.3. The largest absolute Gasteiger partial charge is 0.378 e. The maximum atomic E-state index is 13.3. The SMILES string of the molecule is COC(CNc1cc(Br)c(F)cc1F)OC. The van der Waals surface area contributed by atoms with Gasteiger partial charge in [-0.2, -0.15) is 0 Å². The molecule has 0 amide bonds. The smallest absolute Gasteiger partial charge is 0.173 e. The van der Waals surface area contributed by atoms with Crippen molar-refractivity contribution in [1.82, 2.24) is 0 Å². The molecule has 1 aromatic carbocycles. The van der Waals surface area contributed by atoms with Crippen LogP contribution in [0.4, 0.5) is 14.5 Å². The van der Waals surface area contributed by atoms with Gasteiger partial charge in [0.2, 0.25) is 0 Å². The summed E-state index contributed by atoms with van der Waals surface area (Å²) in [5.74, 6) is -1.30. The molecule has 0 aliphatic carbocycles. The van der Waals surface area contributed by atoms with E-state index in [-0.39, 0.29) is 16.7 Å². The molecule has 1 rings (SSSR count). The molecule has 0 heterocycles. The summed E-state index contributed by atoms with van der Waals surface area (Å²) >= 11 is 2.98. The minimum absolute atomic E-state index is 0.187. The lowest BCUT2D eigenvalue weighted by molar-refractivity contribution is -0.0914. The molecule has 6 heteroatoms. The highest BCUT2D eigenvalue weighted by Gasteiger charge is 2.10.